The van der Waals surface area contributed by atoms with Crippen molar-refractivity contribution in [3.63, 3.8) is 0 Å². The topological polar surface area (TPSA) is 102 Å². The third kappa shape index (κ3) is 4.34. The molecule has 0 aromatic heterocycles. The van der Waals surface area contributed by atoms with Crippen LogP contribution in [0.4, 0.5) is 23.7 Å². The number of ether oxygens (including phenoxy) is 1. The monoisotopic (exact) mass is 423 g/mol. The predicted octanol–water partition coefficient (Wildman–Crippen LogP) is 3.50. The zero-order valence-corrected chi connectivity index (χ0v) is 15.6. The van der Waals surface area contributed by atoms with Crippen LogP contribution in [0.15, 0.2) is 48.5 Å². The number of rotatable bonds is 6. The van der Waals surface area contributed by atoms with Crippen LogP contribution in [0.25, 0.3) is 0 Å². The van der Waals surface area contributed by atoms with Crippen molar-refractivity contribution in [2.24, 2.45) is 0 Å². The third-order valence-electron chi connectivity index (χ3n) is 4.57. The second-order valence-corrected chi connectivity index (χ2v) is 6.80. The Labute approximate surface area is 168 Å². The molecule has 1 saturated heterocycles. The molecule has 0 saturated carbocycles. The van der Waals surface area contributed by atoms with Crippen molar-refractivity contribution in [2.75, 3.05) is 6.61 Å². The number of amides is 3. The maximum Gasteiger partial charge on any atom is 0.422 e. The molecule has 8 nitrogen and oxygen atoms in total. The highest BCUT2D eigenvalue weighted by Gasteiger charge is 2.49. The van der Waals surface area contributed by atoms with Crippen LogP contribution in [0.5, 0.6) is 5.75 Å². The molecule has 0 spiro atoms. The van der Waals surface area contributed by atoms with Crippen LogP contribution >= 0.6 is 0 Å². The molecule has 1 fully saturated rings. The Morgan fingerprint density at radius 1 is 1.17 bits per heavy atom. The largest absolute Gasteiger partial charge is 0.484 e. The average Bonchev–Trinajstić information content (AvgIpc) is 2.90. The predicted molar refractivity (Wildman–Crippen MR) is 97.5 cm³/mol. The zero-order valence-electron chi connectivity index (χ0n) is 15.6. The maximum atomic E-state index is 12.9. The van der Waals surface area contributed by atoms with E-state index in [9.17, 15) is 32.9 Å². The Kier molecular flexibility index (Phi) is 5.38. The van der Waals surface area contributed by atoms with Crippen LogP contribution in [-0.4, -0.2) is 34.5 Å². The Bertz CT molecular complexity index is 994. The second-order valence-electron chi connectivity index (χ2n) is 6.80. The number of nitro groups is 1. The van der Waals surface area contributed by atoms with E-state index >= 15 is 0 Å². The molecule has 11 heteroatoms. The van der Waals surface area contributed by atoms with Crippen LogP contribution in [0.2, 0.25) is 0 Å². The normalized spacial score (nSPS) is 19.0. The summed E-state index contributed by atoms with van der Waals surface area (Å²) in [5.41, 5.74) is -0.842. The molecule has 30 heavy (non-hydrogen) atoms. The van der Waals surface area contributed by atoms with Gasteiger partial charge < -0.3 is 10.1 Å². The lowest BCUT2D eigenvalue weighted by atomic mass is 9.92. The molecule has 158 valence electrons. The third-order valence-corrected chi connectivity index (χ3v) is 4.57. The molecule has 0 bridgehead atoms. The van der Waals surface area contributed by atoms with E-state index in [1.807, 2.05) is 0 Å². The molecule has 0 aliphatic carbocycles. The number of alkyl halides is 3. The van der Waals surface area contributed by atoms with Gasteiger partial charge in [0.05, 0.1) is 11.5 Å². The first-order valence-electron chi connectivity index (χ1n) is 8.67. The number of halogens is 3. The molecular weight excluding hydrogens is 407 g/mol. The van der Waals surface area contributed by atoms with Gasteiger partial charge in [-0.05, 0) is 42.3 Å². The number of carbonyl (C=O) groups excluding carboxylic acids is 2. The fourth-order valence-electron chi connectivity index (χ4n) is 3.03. The SMILES string of the molecule is CC1(c2ccc([N+](=O)[O-])cc2)NC(=O)N(Cc2cccc(OCC(F)(F)F)c2)C1=O. The molecule has 2 aromatic carbocycles. The number of benzene rings is 2. The highest BCUT2D eigenvalue weighted by Crippen LogP contribution is 2.31. The van der Waals surface area contributed by atoms with Gasteiger partial charge in [-0.2, -0.15) is 13.2 Å². The van der Waals surface area contributed by atoms with Crippen LogP contribution in [0, 0.1) is 10.1 Å². The van der Waals surface area contributed by atoms with Crippen molar-refractivity contribution >= 4 is 17.6 Å². The molecule has 2 aromatic rings. The number of imide groups is 1. The summed E-state index contributed by atoms with van der Waals surface area (Å²) in [6, 6.07) is 10.2. The van der Waals surface area contributed by atoms with Crippen molar-refractivity contribution in [1.82, 2.24) is 10.2 Å². The van der Waals surface area contributed by atoms with Gasteiger partial charge in [-0.15, -0.1) is 0 Å². The second kappa shape index (κ2) is 7.65. The number of nitrogens with one attached hydrogen (secondary N) is 1. The maximum absolute atomic E-state index is 12.9. The minimum atomic E-state index is -4.49. The smallest absolute Gasteiger partial charge is 0.422 e. The van der Waals surface area contributed by atoms with Crippen molar-refractivity contribution < 1.29 is 32.4 Å². The van der Waals surface area contributed by atoms with E-state index in [1.165, 1.54) is 49.4 Å². The lowest BCUT2D eigenvalue weighted by Gasteiger charge is -2.22. The summed E-state index contributed by atoms with van der Waals surface area (Å²) in [6.45, 7) is -0.175. The summed E-state index contributed by atoms with van der Waals surface area (Å²) in [4.78, 5) is 36.5. The summed E-state index contributed by atoms with van der Waals surface area (Å²) >= 11 is 0. The first-order chi connectivity index (χ1) is 14.0. The van der Waals surface area contributed by atoms with Crippen LogP contribution in [0.1, 0.15) is 18.1 Å². The average molecular weight is 423 g/mol. The van der Waals surface area contributed by atoms with E-state index in [2.05, 4.69) is 10.1 Å². The highest BCUT2D eigenvalue weighted by atomic mass is 19.4. The fourth-order valence-corrected chi connectivity index (χ4v) is 3.03. The number of hydrogen-bond donors (Lipinski definition) is 1. The van der Waals surface area contributed by atoms with Gasteiger partial charge in [0.1, 0.15) is 11.3 Å². The Morgan fingerprint density at radius 2 is 1.83 bits per heavy atom. The summed E-state index contributed by atoms with van der Waals surface area (Å²) in [6.07, 6.45) is -4.49. The molecule has 1 N–H and O–H groups in total. The molecule has 1 aliphatic rings. The molecule has 3 amide bonds. The Morgan fingerprint density at radius 3 is 2.43 bits per heavy atom. The van der Waals surface area contributed by atoms with Crippen molar-refractivity contribution in [3.8, 4) is 5.75 Å². The van der Waals surface area contributed by atoms with Crippen LogP contribution < -0.4 is 10.1 Å². The van der Waals surface area contributed by atoms with Gasteiger partial charge in [0.15, 0.2) is 6.61 Å². The van der Waals surface area contributed by atoms with Crippen molar-refractivity contribution in [2.45, 2.75) is 25.2 Å². The van der Waals surface area contributed by atoms with Gasteiger partial charge >= 0.3 is 12.2 Å². The van der Waals surface area contributed by atoms with Gasteiger partial charge in [0.25, 0.3) is 11.6 Å². The number of non-ortho nitro benzene ring substituents is 1. The van der Waals surface area contributed by atoms with E-state index in [-0.39, 0.29) is 18.0 Å². The Hall–Kier alpha value is -3.63. The lowest BCUT2D eigenvalue weighted by Crippen LogP contribution is -2.40. The standard InChI is InChI=1S/C19H16F3N3O5/c1-18(13-5-7-14(8-6-13)25(28)29)16(26)24(17(27)23-18)10-12-3-2-4-15(9-12)30-11-19(20,21)22/h2-9H,10-11H2,1H3,(H,23,27). The Balaban J connectivity index is 1.77. The number of nitrogens with zero attached hydrogens (tertiary/aromatic N) is 2. The molecule has 1 atom stereocenters. The minimum absolute atomic E-state index is 0.0463. The number of carbonyl (C=O) groups is 2. The quantitative estimate of drug-likeness (QED) is 0.435. The van der Waals surface area contributed by atoms with Gasteiger partial charge in [0, 0.05) is 12.1 Å². The van der Waals surface area contributed by atoms with Crippen molar-refractivity contribution in [1.29, 1.82) is 0 Å². The molecule has 1 heterocycles. The van der Waals surface area contributed by atoms with Gasteiger partial charge in [0.2, 0.25) is 0 Å². The summed E-state index contributed by atoms with van der Waals surface area (Å²) in [7, 11) is 0. The lowest BCUT2D eigenvalue weighted by molar-refractivity contribution is -0.384. The van der Waals surface area contributed by atoms with E-state index in [0.717, 1.165) is 4.90 Å². The van der Waals surface area contributed by atoms with Crippen LogP contribution in [-0.2, 0) is 16.9 Å². The van der Waals surface area contributed by atoms with Gasteiger partial charge in [-0.3, -0.25) is 19.8 Å². The van der Waals surface area contributed by atoms with E-state index in [0.29, 0.717) is 11.1 Å². The van der Waals surface area contributed by atoms with Gasteiger partial charge in [-0.1, -0.05) is 12.1 Å². The molecular formula is C19H16F3N3O5. The zero-order chi connectivity index (χ0) is 22.1. The summed E-state index contributed by atoms with van der Waals surface area (Å²) in [5.74, 6) is -0.641. The van der Waals surface area contributed by atoms with Crippen LogP contribution in [0.3, 0.4) is 0 Å². The number of hydrogen-bond acceptors (Lipinski definition) is 5. The van der Waals surface area contributed by atoms with Crippen molar-refractivity contribution in [3.05, 3.63) is 69.8 Å². The minimum Gasteiger partial charge on any atom is -0.484 e. The van der Waals surface area contributed by atoms with E-state index in [4.69, 9.17) is 0 Å². The summed E-state index contributed by atoms with van der Waals surface area (Å²) < 4.78 is 41.6. The molecule has 3 rings (SSSR count). The molecule has 1 unspecified atom stereocenters. The fraction of sp³-hybridized carbons (Fsp3) is 0.263. The summed E-state index contributed by atoms with van der Waals surface area (Å²) in [5, 5.41) is 13.4. The van der Waals surface area contributed by atoms with E-state index in [1.54, 1.807) is 6.07 Å². The number of urea groups is 1. The first-order valence-corrected chi connectivity index (χ1v) is 8.67. The highest BCUT2D eigenvalue weighted by molar-refractivity contribution is 6.07. The molecule has 0 radical (unpaired) electrons. The van der Waals surface area contributed by atoms with Gasteiger partial charge in [-0.25, -0.2) is 4.79 Å². The van der Waals surface area contributed by atoms with E-state index < -0.39 is 35.2 Å². The number of nitro benzene ring substituents is 1. The molecule has 1 aliphatic heterocycles. The first kappa shape index (κ1) is 21.1.